The fourth-order valence-corrected chi connectivity index (χ4v) is 3.17. The zero-order valence-corrected chi connectivity index (χ0v) is 11.2. The van der Waals surface area contributed by atoms with Gasteiger partial charge in [0.2, 0.25) is 0 Å². The predicted octanol–water partition coefficient (Wildman–Crippen LogP) is 2.48. The van der Waals surface area contributed by atoms with Crippen molar-refractivity contribution in [2.45, 2.75) is 52.0 Å². The van der Waals surface area contributed by atoms with Gasteiger partial charge in [-0.05, 0) is 56.4 Å². The van der Waals surface area contributed by atoms with Crippen molar-refractivity contribution in [3.05, 3.63) is 0 Å². The van der Waals surface area contributed by atoms with Crippen LogP contribution in [0, 0.1) is 17.3 Å². The van der Waals surface area contributed by atoms with E-state index >= 15 is 0 Å². The molecule has 2 aliphatic rings. The van der Waals surface area contributed by atoms with Crippen molar-refractivity contribution in [2.75, 3.05) is 20.1 Å². The first-order valence-corrected chi connectivity index (χ1v) is 6.90. The van der Waals surface area contributed by atoms with Gasteiger partial charge in [-0.2, -0.15) is 0 Å². The van der Waals surface area contributed by atoms with E-state index in [0.717, 1.165) is 5.92 Å². The number of nitrogens with two attached hydrogens (primary N) is 1. The fourth-order valence-electron chi connectivity index (χ4n) is 3.17. The van der Waals surface area contributed by atoms with Gasteiger partial charge in [-0.1, -0.05) is 13.8 Å². The van der Waals surface area contributed by atoms with Crippen molar-refractivity contribution in [3.8, 4) is 0 Å². The van der Waals surface area contributed by atoms with Crippen molar-refractivity contribution in [3.63, 3.8) is 0 Å². The van der Waals surface area contributed by atoms with Gasteiger partial charge in [0.25, 0.3) is 0 Å². The van der Waals surface area contributed by atoms with E-state index < -0.39 is 0 Å². The monoisotopic (exact) mass is 224 g/mol. The molecule has 0 bridgehead atoms. The summed E-state index contributed by atoms with van der Waals surface area (Å²) in [5.41, 5.74) is 6.78. The maximum absolute atomic E-state index is 6.27. The van der Waals surface area contributed by atoms with Gasteiger partial charge in [0.1, 0.15) is 0 Å². The molecule has 0 aromatic rings. The third-order valence-electron chi connectivity index (χ3n) is 4.39. The van der Waals surface area contributed by atoms with Gasteiger partial charge in [0.05, 0.1) is 0 Å². The minimum Gasteiger partial charge on any atom is -0.327 e. The van der Waals surface area contributed by atoms with Gasteiger partial charge >= 0.3 is 0 Å². The van der Waals surface area contributed by atoms with E-state index in [1.54, 1.807) is 0 Å². The molecule has 2 atom stereocenters. The van der Waals surface area contributed by atoms with Crippen LogP contribution in [0.2, 0.25) is 0 Å². The SMILES string of the molecule is CN(CC1CC1)CC1CC(C)(C)CCC1N. The Hall–Kier alpha value is -0.0800. The number of hydrogen-bond acceptors (Lipinski definition) is 2. The second kappa shape index (κ2) is 4.66. The van der Waals surface area contributed by atoms with Gasteiger partial charge in [0.15, 0.2) is 0 Å². The average Bonchev–Trinajstić information content (AvgIpc) is 2.95. The topological polar surface area (TPSA) is 29.3 Å². The van der Waals surface area contributed by atoms with Crippen molar-refractivity contribution >= 4 is 0 Å². The second-order valence-electron chi connectivity index (χ2n) is 7.00. The fraction of sp³-hybridized carbons (Fsp3) is 1.00. The molecule has 2 heteroatoms. The van der Waals surface area contributed by atoms with Crippen LogP contribution in [-0.2, 0) is 0 Å². The van der Waals surface area contributed by atoms with Crippen molar-refractivity contribution in [1.82, 2.24) is 4.90 Å². The molecule has 2 aliphatic carbocycles. The summed E-state index contributed by atoms with van der Waals surface area (Å²) in [7, 11) is 2.27. The van der Waals surface area contributed by atoms with Crippen molar-refractivity contribution in [1.29, 1.82) is 0 Å². The Morgan fingerprint density at radius 1 is 1.19 bits per heavy atom. The summed E-state index contributed by atoms with van der Waals surface area (Å²) >= 11 is 0. The van der Waals surface area contributed by atoms with Crippen LogP contribution in [0.3, 0.4) is 0 Å². The lowest BCUT2D eigenvalue weighted by Crippen LogP contribution is -2.44. The van der Waals surface area contributed by atoms with Crippen LogP contribution in [0.5, 0.6) is 0 Å². The van der Waals surface area contributed by atoms with Crippen LogP contribution < -0.4 is 5.73 Å². The molecule has 0 spiro atoms. The second-order valence-corrected chi connectivity index (χ2v) is 7.00. The summed E-state index contributed by atoms with van der Waals surface area (Å²) in [6, 6.07) is 0.440. The molecule has 2 unspecified atom stereocenters. The summed E-state index contributed by atoms with van der Waals surface area (Å²) in [5.74, 6) is 1.71. The van der Waals surface area contributed by atoms with E-state index in [4.69, 9.17) is 5.73 Å². The molecule has 0 heterocycles. The Kier molecular flexibility index (Phi) is 3.60. The average molecular weight is 224 g/mol. The van der Waals surface area contributed by atoms with Crippen LogP contribution in [0.4, 0.5) is 0 Å². The normalized spacial score (nSPS) is 34.3. The number of nitrogens with zero attached hydrogens (tertiary/aromatic N) is 1. The molecule has 0 amide bonds. The molecule has 0 aromatic carbocycles. The molecule has 0 saturated heterocycles. The molecule has 16 heavy (non-hydrogen) atoms. The lowest BCUT2D eigenvalue weighted by Gasteiger charge is -2.40. The van der Waals surface area contributed by atoms with Crippen LogP contribution in [-0.4, -0.2) is 31.1 Å². The molecule has 2 rings (SSSR count). The lowest BCUT2D eigenvalue weighted by atomic mass is 9.70. The first-order valence-electron chi connectivity index (χ1n) is 6.90. The van der Waals surface area contributed by atoms with Gasteiger partial charge in [-0.15, -0.1) is 0 Å². The Morgan fingerprint density at radius 2 is 1.88 bits per heavy atom. The molecule has 2 N–H and O–H groups in total. The number of rotatable bonds is 4. The highest BCUT2D eigenvalue weighted by molar-refractivity contribution is 4.89. The van der Waals surface area contributed by atoms with Gasteiger partial charge in [-0.3, -0.25) is 0 Å². The summed E-state index contributed by atoms with van der Waals surface area (Å²) in [6.45, 7) is 7.30. The van der Waals surface area contributed by atoms with Crippen LogP contribution in [0.15, 0.2) is 0 Å². The highest BCUT2D eigenvalue weighted by Gasteiger charge is 2.34. The largest absolute Gasteiger partial charge is 0.327 e. The van der Waals surface area contributed by atoms with Gasteiger partial charge in [0, 0.05) is 19.1 Å². The van der Waals surface area contributed by atoms with E-state index in [1.165, 1.54) is 45.2 Å². The maximum atomic E-state index is 6.27. The van der Waals surface area contributed by atoms with E-state index in [-0.39, 0.29) is 0 Å². The van der Waals surface area contributed by atoms with Crippen LogP contribution >= 0.6 is 0 Å². The highest BCUT2D eigenvalue weighted by Crippen LogP contribution is 2.38. The van der Waals surface area contributed by atoms with Crippen molar-refractivity contribution in [2.24, 2.45) is 23.0 Å². The van der Waals surface area contributed by atoms with Crippen LogP contribution in [0.1, 0.15) is 46.0 Å². The minimum absolute atomic E-state index is 0.440. The molecule has 0 aliphatic heterocycles. The van der Waals surface area contributed by atoms with Crippen molar-refractivity contribution < 1.29 is 0 Å². The molecular formula is C14H28N2. The Balaban J connectivity index is 1.81. The first kappa shape index (κ1) is 12.4. The third-order valence-corrected chi connectivity index (χ3v) is 4.39. The predicted molar refractivity (Wildman–Crippen MR) is 69.3 cm³/mol. The molecule has 2 fully saturated rings. The molecule has 2 nitrogen and oxygen atoms in total. The number of hydrogen-bond donors (Lipinski definition) is 1. The van der Waals surface area contributed by atoms with E-state index in [9.17, 15) is 0 Å². The molecular weight excluding hydrogens is 196 g/mol. The summed E-state index contributed by atoms with van der Waals surface area (Å²) < 4.78 is 0. The zero-order chi connectivity index (χ0) is 11.8. The van der Waals surface area contributed by atoms with Gasteiger partial charge in [-0.25, -0.2) is 0 Å². The van der Waals surface area contributed by atoms with E-state index in [1.807, 2.05) is 0 Å². The smallest absolute Gasteiger partial charge is 0.00797 e. The Labute approximate surface area is 101 Å². The Morgan fingerprint density at radius 3 is 2.50 bits per heavy atom. The lowest BCUT2D eigenvalue weighted by molar-refractivity contribution is 0.123. The molecule has 0 aromatic heterocycles. The third kappa shape index (κ3) is 3.46. The maximum Gasteiger partial charge on any atom is 0.00797 e. The van der Waals surface area contributed by atoms with E-state index in [0.29, 0.717) is 17.4 Å². The molecule has 0 radical (unpaired) electrons. The summed E-state index contributed by atoms with van der Waals surface area (Å²) in [6.07, 6.45) is 6.73. The van der Waals surface area contributed by atoms with E-state index in [2.05, 4.69) is 25.8 Å². The quantitative estimate of drug-likeness (QED) is 0.795. The first-order chi connectivity index (χ1) is 7.46. The highest BCUT2D eigenvalue weighted by atomic mass is 15.1. The van der Waals surface area contributed by atoms with Crippen LogP contribution in [0.25, 0.3) is 0 Å². The zero-order valence-electron chi connectivity index (χ0n) is 11.2. The molecule has 2 saturated carbocycles. The summed E-state index contributed by atoms with van der Waals surface area (Å²) in [5, 5.41) is 0. The van der Waals surface area contributed by atoms with Gasteiger partial charge < -0.3 is 10.6 Å². The summed E-state index contributed by atoms with van der Waals surface area (Å²) in [4.78, 5) is 2.52. The standard InChI is InChI=1S/C14H28N2/c1-14(2)7-6-13(15)12(8-14)10-16(3)9-11-4-5-11/h11-13H,4-10,15H2,1-3H3. The molecule has 94 valence electrons. The minimum atomic E-state index is 0.440. The Bertz CT molecular complexity index is 233.